The minimum Gasteiger partial charge on any atom is -0.382 e. The SMILES string of the molecule is CC(C)(CNC(=O)CC(N)CC(c1ccc(-c2cccnc2)cc1)c1cc(F)ccc1F)CNC(=O)C(O)CN. The van der Waals surface area contributed by atoms with Gasteiger partial charge in [-0.25, -0.2) is 8.78 Å². The molecule has 0 aliphatic rings. The zero-order valence-corrected chi connectivity index (χ0v) is 22.7. The van der Waals surface area contributed by atoms with Gasteiger partial charge < -0.3 is 27.2 Å². The first-order valence-corrected chi connectivity index (χ1v) is 13.1. The Labute approximate surface area is 233 Å². The third kappa shape index (κ3) is 8.90. The van der Waals surface area contributed by atoms with Gasteiger partial charge in [0.05, 0.1) is 0 Å². The molecule has 3 unspecified atom stereocenters. The van der Waals surface area contributed by atoms with Crippen LogP contribution in [0.4, 0.5) is 8.78 Å². The van der Waals surface area contributed by atoms with Gasteiger partial charge in [0, 0.05) is 50.4 Å². The van der Waals surface area contributed by atoms with Crippen LogP contribution in [0.15, 0.2) is 67.0 Å². The Morgan fingerprint density at radius 3 is 2.38 bits per heavy atom. The van der Waals surface area contributed by atoms with E-state index in [2.05, 4.69) is 15.6 Å². The summed E-state index contributed by atoms with van der Waals surface area (Å²) in [5.41, 5.74) is 13.9. The van der Waals surface area contributed by atoms with Gasteiger partial charge in [-0.1, -0.05) is 44.2 Å². The summed E-state index contributed by atoms with van der Waals surface area (Å²) in [4.78, 5) is 28.6. The lowest BCUT2D eigenvalue weighted by Crippen LogP contribution is -2.46. The zero-order chi connectivity index (χ0) is 29.3. The first-order valence-electron chi connectivity index (χ1n) is 13.1. The van der Waals surface area contributed by atoms with Crippen LogP contribution in [-0.2, 0) is 9.59 Å². The van der Waals surface area contributed by atoms with Gasteiger partial charge in [-0.3, -0.25) is 14.6 Å². The first-order chi connectivity index (χ1) is 19.0. The average Bonchev–Trinajstić information content (AvgIpc) is 2.95. The van der Waals surface area contributed by atoms with Crippen molar-refractivity contribution in [2.75, 3.05) is 19.6 Å². The lowest BCUT2D eigenvalue weighted by atomic mass is 9.84. The fourth-order valence-corrected chi connectivity index (χ4v) is 4.31. The molecule has 2 aromatic carbocycles. The molecular weight excluding hydrogens is 516 g/mol. The minimum absolute atomic E-state index is 0.0322. The Hall–Kier alpha value is -3.73. The fourth-order valence-electron chi connectivity index (χ4n) is 4.31. The third-order valence-electron chi connectivity index (χ3n) is 6.66. The highest BCUT2D eigenvalue weighted by Crippen LogP contribution is 2.33. The summed E-state index contributed by atoms with van der Waals surface area (Å²) in [7, 11) is 0. The number of amides is 2. The molecule has 214 valence electrons. The molecule has 0 aliphatic heterocycles. The fraction of sp³-hybridized carbons (Fsp3) is 0.367. The molecule has 0 saturated heterocycles. The van der Waals surface area contributed by atoms with Crippen molar-refractivity contribution in [2.24, 2.45) is 16.9 Å². The molecule has 1 aromatic heterocycles. The number of rotatable bonds is 13. The summed E-state index contributed by atoms with van der Waals surface area (Å²) in [6.45, 7) is 3.97. The number of carbonyl (C=O) groups is 2. The number of benzene rings is 2. The van der Waals surface area contributed by atoms with Gasteiger partial charge in [-0.2, -0.15) is 0 Å². The molecule has 3 aromatic rings. The molecule has 3 atom stereocenters. The maximum atomic E-state index is 14.9. The number of aliphatic hydroxyl groups is 1. The van der Waals surface area contributed by atoms with Crippen LogP contribution in [0.5, 0.6) is 0 Å². The molecule has 10 heteroatoms. The monoisotopic (exact) mass is 553 g/mol. The van der Waals surface area contributed by atoms with Crippen LogP contribution in [-0.4, -0.2) is 53.7 Å². The molecular formula is C30H37F2N5O3. The van der Waals surface area contributed by atoms with Crippen LogP contribution in [0, 0.1) is 17.0 Å². The van der Waals surface area contributed by atoms with Gasteiger partial charge in [0.1, 0.15) is 17.7 Å². The number of carbonyl (C=O) groups excluding carboxylic acids is 2. The predicted molar refractivity (Wildman–Crippen MR) is 150 cm³/mol. The molecule has 8 nitrogen and oxygen atoms in total. The van der Waals surface area contributed by atoms with E-state index < -0.39 is 41.0 Å². The molecule has 0 aliphatic carbocycles. The van der Waals surface area contributed by atoms with Crippen molar-refractivity contribution in [2.45, 2.75) is 44.8 Å². The van der Waals surface area contributed by atoms with Crippen molar-refractivity contribution in [1.82, 2.24) is 15.6 Å². The zero-order valence-electron chi connectivity index (χ0n) is 22.7. The lowest BCUT2D eigenvalue weighted by molar-refractivity contribution is -0.129. The van der Waals surface area contributed by atoms with Gasteiger partial charge in [-0.05, 0) is 58.4 Å². The van der Waals surface area contributed by atoms with Gasteiger partial charge in [0.2, 0.25) is 11.8 Å². The molecule has 2 amide bonds. The van der Waals surface area contributed by atoms with E-state index in [0.29, 0.717) is 0 Å². The number of nitrogens with two attached hydrogens (primary N) is 2. The van der Waals surface area contributed by atoms with Crippen LogP contribution >= 0.6 is 0 Å². The van der Waals surface area contributed by atoms with Crippen molar-refractivity contribution in [3.8, 4) is 11.1 Å². The summed E-state index contributed by atoms with van der Waals surface area (Å²) in [6, 6.07) is 13.9. The summed E-state index contributed by atoms with van der Waals surface area (Å²) in [5, 5.41) is 14.9. The number of aliphatic hydroxyl groups excluding tert-OH is 1. The van der Waals surface area contributed by atoms with Crippen LogP contribution in [0.1, 0.15) is 43.7 Å². The first kappa shape index (κ1) is 30.8. The van der Waals surface area contributed by atoms with E-state index >= 15 is 0 Å². The van der Waals surface area contributed by atoms with Crippen molar-refractivity contribution in [1.29, 1.82) is 0 Å². The van der Waals surface area contributed by atoms with E-state index in [-0.39, 0.29) is 43.9 Å². The Balaban J connectivity index is 1.67. The van der Waals surface area contributed by atoms with E-state index in [1.807, 2.05) is 50.2 Å². The minimum atomic E-state index is -1.29. The van der Waals surface area contributed by atoms with Crippen LogP contribution in [0.3, 0.4) is 0 Å². The molecule has 0 saturated carbocycles. The Bertz CT molecular complexity index is 1270. The Kier molecular flexibility index (Phi) is 10.8. The topological polar surface area (TPSA) is 143 Å². The highest BCUT2D eigenvalue weighted by molar-refractivity contribution is 5.80. The van der Waals surface area contributed by atoms with Crippen molar-refractivity contribution >= 4 is 11.8 Å². The van der Waals surface area contributed by atoms with Gasteiger partial charge in [-0.15, -0.1) is 0 Å². The second-order valence-electron chi connectivity index (χ2n) is 10.7. The van der Waals surface area contributed by atoms with E-state index in [0.717, 1.165) is 28.8 Å². The number of pyridine rings is 1. The second kappa shape index (κ2) is 14.1. The van der Waals surface area contributed by atoms with Gasteiger partial charge >= 0.3 is 0 Å². The number of nitrogens with zero attached hydrogens (tertiary/aromatic N) is 1. The highest BCUT2D eigenvalue weighted by Gasteiger charge is 2.25. The summed E-state index contributed by atoms with van der Waals surface area (Å²) in [6.07, 6.45) is 2.31. The normalized spacial score (nSPS) is 13.8. The second-order valence-corrected chi connectivity index (χ2v) is 10.7. The molecule has 3 rings (SSSR count). The largest absolute Gasteiger partial charge is 0.382 e. The average molecular weight is 554 g/mol. The van der Waals surface area contributed by atoms with Crippen LogP contribution < -0.4 is 22.1 Å². The molecule has 0 fully saturated rings. The quantitative estimate of drug-likeness (QED) is 0.220. The number of hydrogen-bond acceptors (Lipinski definition) is 6. The maximum Gasteiger partial charge on any atom is 0.250 e. The van der Waals surface area contributed by atoms with Gasteiger partial charge in [0.25, 0.3) is 0 Å². The van der Waals surface area contributed by atoms with Crippen LogP contribution in [0.2, 0.25) is 0 Å². The Morgan fingerprint density at radius 2 is 1.73 bits per heavy atom. The molecule has 1 heterocycles. The van der Waals surface area contributed by atoms with E-state index in [4.69, 9.17) is 11.5 Å². The smallest absolute Gasteiger partial charge is 0.250 e. The van der Waals surface area contributed by atoms with Crippen molar-refractivity contribution in [3.05, 3.63) is 89.8 Å². The number of aromatic nitrogens is 1. The van der Waals surface area contributed by atoms with E-state index in [1.165, 1.54) is 6.07 Å². The predicted octanol–water partition coefficient (Wildman–Crippen LogP) is 2.84. The molecule has 40 heavy (non-hydrogen) atoms. The van der Waals surface area contributed by atoms with Crippen LogP contribution in [0.25, 0.3) is 11.1 Å². The van der Waals surface area contributed by atoms with Crippen molar-refractivity contribution in [3.63, 3.8) is 0 Å². The number of hydrogen-bond donors (Lipinski definition) is 5. The standard InChI is InChI=1S/C30H37F2N5O3/c1-30(2,18-37-29(40)27(38)15-33)17-36-28(39)14-23(34)13-24(25-12-22(31)9-10-26(25)32)20-7-5-19(6-8-20)21-4-3-11-35-16-21/h3-12,16,23-24,27,38H,13-15,17-18,33-34H2,1-2H3,(H,36,39)(H,37,40). The number of halogens is 2. The van der Waals surface area contributed by atoms with Crippen molar-refractivity contribution < 1.29 is 23.5 Å². The molecule has 0 radical (unpaired) electrons. The Morgan fingerprint density at radius 1 is 1.02 bits per heavy atom. The summed E-state index contributed by atoms with van der Waals surface area (Å²) < 4.78 is 29.0. The van der Waals surface area contributed by atoms with Gasteiger partial charge in [0.15, 0.2) is 0 Å². The third-order valence-corrected chi connectivity index (χ3v) is 6.66. The molecule has 0 bridgehead atoms. The highest BCUT2D eigenvalue weighted by atomic mass is 19.1. The lowest BCUT2D eigenvalue weighted by Gasteiger charge is -2.27. The molecule has 7 N–H and O–H groups in total. The maximum absolute atomic E-state index is 14.9. The molecule has 0 spiro atoms. The summed E-state index contributed by atoms with van der Waals surface area (Å²) in [5.74, 6) is -2.58. The van der Waals surface area contributed by atoms with E-state index in [9.17, 15) is 23.5 Å². The number of nitrogens with one attached hydrogen (secondary N) is 2. The summed E-state index contributed by atoms with van der Waals surface area (Å²) >= 11 is 0. The van der Waals surface area contributed by atoms with E-state index in [1.54, 1.807) is 12.4 Å².